The highest BCUT2D eigenvalue weighted by molar-refractivity contribution is 7.99. The number of rotatable bonds is 9. The summed E-state index contributed by atoms with van der Waals surface area (Å²) in [5, 5.41) is 8.32. The molecule has 0 aliphatic heterocycles. The summed E-state index contributed by atoms with van der Waals surface area (Å²) in [5.41, 5.74) is 1.14. The van der Waals surface area contributed by atoms with Gasteiger partial charge in [-0.1, -0.05) is 11.8 Å². The number of ketones is 1. The van der Waals surface area contributed by atoms with Crippen LogP contribution in [-0.4, -0.2) is 50.2 Å². The molecule has 0 fully saturated rings. The second-order valence-corrected chi connectivity index (χ2v) is 6.65. The van der Waals surface area contributed by atoms with E-state index in [0.717, 1.165) is 11.8 Å². The molecule has 1 aromatic heterocycles. The van der Waals surface area contributed by atoms with Gasteiger partial charge in [-0.2, -0.15) is 0 Å². The summed E-state index contributed by atoms with van der Waals surface area (Å²) in [5.74, 6) is 2.54. The second-order valence-electron chi connectivity index (χ2n) is 5.72. The van der Waals surface area contributed by atoms with Gasteiger partial charge in [0.05, 0.1) is 39.8 Å². The first kappa shape index (κ1) is 20.5. The van der Waals surface area contributed by atoms with E-state index in [9.17, 15) is 4.79 Å². The number of Topliss-reactive ketones (excluding diaryl/α,β-unsaturated/α-hetero) is 1. The van der Waals surface area contributed by atoms with Crippen molar-refractivity contribution in [3.63, 3.8) is 0 Å². The summed E-state index contributed by atoms with van der Waals surface area (Å²) < 4.78 is 26.6. The van der Waals surface area contributed by atoms with Gasteiger partial charge in [-0.05, 0) is 30.3 Å². The van der Waals surface area contributed by atoms with Crippen LogP contribution >= 0.6 is 11.8 Å². The molecular weight excluding hydrogens is 396 g/mol. The van der Waals surface area contributed by atoms with Crippen molar-refractivity contribution < 1.29 is 28.2 Å². The minimum absolute atomic E-state index is 0.121. The Morgan fingerprint density at radius 2 is 1.66 bits per heavy atom. The van der Waals surface area contributed by atoms with E-state index in [1.165, 1.54) is 7.11 Å². The third-order valence-corrected chi connectivity index (χ3v) is 4.89. The number of nitrogens with zero attached hydrogens (tertiary/aromatic N) is 2. The zero-order chi connectivity index (χ0) is 20.8. The molecule has 9 heteroatoms. The van der Waals surface area contributed by atoms with Crippen LogP contribution in [0, 0.1) is 0 Å². The largest absolute Gasteiger partial charge is 0.497 e. The van der Waals surface area contributed by atoms with Crippen molar-refractivity contribution >= 4 is 17.5 Å². The first-order valence-corrected chi connectivity index (χ1v) is 9.52. The Balaban J connectivity index is 1.70. The number of benzene rings is 2. The van der Waals surface area contributed by atoms with Crippen LogP contribution in [0.25, 0.3) is 11.5 Å². The van der Waals surface area contributed by atoms with E-state index in [1.807, 2.05) is 0 Å². The van der Waals surface area contributed by atoms with Crippen molar-refractivity contribution in [2.75, 3.05) is 34.2 Å². The smallest absolute Gasteiger partial charge is 0.277 e. The van der Waals surface area contributed by atoms with E-state index < -0.39 is 0 Å². The normalized spacial score (nSPS) is 10.5. The highest BCUT2D eigenvalue weighted by Crippen LogP contribution is 2.33. The van der Waals surface area contributed by atoms with Crippen LogP contribution in [0.3, 0.4) is 0 Å². The molecule has 0 N–H and O–H groups in total. The molecule has 0 aliphatic rings. The average Bonchev–Trinajstić information content (AvgIpc) is 3.25. The fraction of sp³-hybridized carbons (Fsp3) is 0.250. The van der Waals surface area contributed by atoms with E-state index in [0.29, 0.717) is 40.0 Å². The third-order valence-electron chi connectivity index (χ3n) is 4.07. The SMILES string of the molecule is COc1ccc(C(=O)CSc2nnc(-c3ccc(OC)c(OC)c3)o2)c(OC)c1. The minimum Gasteiger partial charge on any atom is -0.497 e. The van der Waals surface area contributed by atoms with Crippen molar-refractivity contribution in [1.82, 2.24) is 10.2 Å². The number of thioether (sulfide) groups is 1. The Morgan fingerprint density at radius 1 is 0.897 bits per heavy atom. The van der Waals surface area contributed by atoms with E-state index in [4.69, 9.17) is 23.4 Å². The maximum Gasteiger partial charge on any atom is 0.277 e. The molecule has 29 heavy (non-hydrogen) atoms. The lowest BCUT2D eigenvalue weighted by Gasteiger charge is -2.09. The zero-order valence-corrected chi connectivity index (χ0v) is 17.2. The van der Waals surface area contributed by atoms with E-state index in [1.54, 1.807) is 57.7 Å². The molecule has 3 rings (SSSR count). The Morgan fingerprint density at radius 3 is 2.34 bits per heavy atom. The van der Waals surface area contributed by atoms with E-state index in [-0.39, 0.29) is 16.8 Å². The van der Waals surface area contributed by atoms with Gasteiger partial charge >= 0.3 is 0 Å². The van der Waals surface area contributed by atoms with Gasteiger partial charge in [0.15, 0.2) is 17.3 Å². The zero-order valence-electron chi connectivity index (χ0n) is 16.4. The highest BCUT2D eigenvalue weighted by Gasteiger charge is 2.17. The number of methoxy groups -OCH3 is 4. The first-order valence-electron chi connectivity index (χ1n) is 8.53. The molecule has 152 valence electrons. The lowest BCUT2D eigenvalue weighted by molar-refractivity contribution is 0.101. The van der Waals surface area contributed by atoms with Crippen LogP contribution in [0.15, 0.2) is 46.0 Å². The van der Waals surface area contributed by atoms with Crippen LogP contribution in [0.1, 0.15) is 10.4 Å². The fourth-order valence-electron chi connectivity index (χ4n) is 2.59. The van der Waals surface area contributed by atoms with Gasteiger partial charge in [0.1, 0.15) is 11.5 Å². The molecule has 0 saturated carbocycles. The fourth-order valence-corrected chi connectivity index (χ4v) is 3.23. The van der Waals surface area contributed by atoms with Crippen molar-refractivity contribution in [3.8, 4) is 34.5 Å². The van der Waals surface area contributed by atoms with Gasteiger partial charge in [-0.15, -0.1) is 10.2 Å². The first-order chi connectivity index (χ1) is 14.1. The van der Waals surface area contributed by atoms with Gasteiger partial charge in [0.2, 0.25) is 5.89 Å². The lowest BCUT2D eigenvalue weighted by atomic mass is 10.1. The molecule has 0 bridgehead atoms. The molecule has 0 amide bonds. The number of hydrogen-bond acceptors (Lipinski definition) is 9. The molecule has 2 aromatic carbocycles. The maximum absolute atomic E-state index is 12.6. The molecular formula is C20H20N2O6S. The third kappa shape index (κ3) is 4.62. The Labute approximate surface area is 172 Å². The van der Waals surface area contributed by atoms with Crippen molar-refractivity contribution in [1.29, 1.82) is 0 Å². The molecule has 0 aliphatic carbocycles. The van der Waals surface area contributed by atoms with Crippen LogP contribution in [0.5, 0.6) is 23.0 Å². The molecule has 3 aromatic rings. The second kappa shape index (κ2) is 9.33. The van der Waals surface area contributed by atoms with E-state index in [2.05, 4.69) is 10.2 Å². The van der Waals surface area contributed by atoms with Gasteiger partial charge < -0.3 is 23.4 Å². The van der Waals surface area contributed by atoms with E-state index >= 15 is 0 Å². The van der Waals surface area contributed by atoms with Crippen LogP contribution in [0.2, 0.25) is 0 Å². The lowest BCUT2D eigenvalue weighted by Crippen LogP contribution is -2.05. The molecule has 0 atom stereocenters. The molecule has 0 saturated heterocycles. The van der Waals surface area contributed by atoms with Gasteiger partial charge in [0, 0.05) is 11.6 Å². The quantitative estimate of drug-likeness (QED) is 0.382. The minimum atomic E-state index is -0.125. The predicted octanol–water partition coefficient (Wildman–Crippen LogP) is 3.75. The van der Waals surface area contributed by atoms with Crippen molar-refractivity contribution in [2.24, 2.45) is 0 Å². The maximum atomic E-state index is 12.6. The molecule has 0 unspecified atom stereocenters. The Hall–Kier alpha value is -3.20. The number of carbonyl (C=O) groups excluding carboxylic acids is 1. The number of ether oxygens (including phenoxy) is 4. The highest BCUT2D eigenvalue weighted by atomic mass is 32.2. The standard InChI is InChI=1S/C20H20N2O6S/c1-24-13-6-7-14(17(10-13)26-3)15(23)11-29-20-22-21-19(28-20)12-5-8-16(25-2)18(9-12)27-4/h5-10H,11H2,1-4H3. The summed E-state index contributed by atoms with van der Waals surface area (Å²) in [7, 11) is 6.17. The molecule has 1 heterocycles. The van der Waals surface area contributed by atoms with Crippen LogP contribution < -0.4 is 18.9 Å². The molecule has 8 nitrogen and oxygen atoms in total. The predicted molar refractivity (Wildman–Crippen MR) is 107 cm³/mol. The number of carbonyl (C=O) groups is 1. The summed E-state index contributed by atoms with van der Waals surface area (Å²) in [4.78, 5) is 12.6. The Bertz CT molecular complexity index is 1000. The van der Waals surface area contributed by atoms with Crippen LogP contribution in [0.4, 0.5) is 0 Å². The summed E-state index contributed by atoms with van der Waals surface area (Å²) in [6.07, 6.45) is 0. The molecule has 0 spiro atoms. The monoisotopic (exact) mass is 416 g/mol. The number of hydrogen-bond donors (Lipinski definition) is 0. The Kier molecular flexibility index (Phi) is 6.61. The van der Waals surface area contributed by atoms with Crippen LogP contribution in [-0.2, 0) is 0 Å². The van der Waals surface area contributed by atoms with Crippen molar-refractivity contribution in [2.45, 2.75) is 5.22 Å². The van der Waals surface area contributed by atoms with Gasteiger partial charge in [0.25, 0.3) is 5.22 Å². The molecule has 0 radical (unpaired) electrons. The topological polar surface area (TPSA) is 92.9 Å². The summed E-state index contributed by atoms with van der Waals surface area (Å²) in [6.45, 7) is 0. The summed E-state index contributed by atoms with van der Waals surface area (Å²) in [6, 6.07) is 10.3. The average molecular weight is 416 g/mol. The number of aromatic nitrogens is 2. The van der Waals surface area contributed by atoms with Crippen molar-refractivity contribution in [3.05, 3.63) is 42.0 Å². The van der Waals surface area contributed by atoms with Gasteiger partial charge in [-0.3, -0.25) is 4.79 Å². The summed E-state index contributed by atoms with van der Waals surface area (Å²) >= 11 is 1.15. The van der Waals surface area contributed by atoms with Gasteiger partial charge in [-0.25, -0.2) is 0 Å².